The predicted molar refractivity (Wildman–Crippen MR) is 128 cm³/mol. The standard InChI is InChI=1S/C27H28N2O5/c1-33-23-16-20-13-14-29(25(19-11-7-4-8-12-19)21(20)17-24(23)34-2)27(32)28-22(26(30)31)15-18-9-5-3-6-10-18/h3-12,16-17,22,25H,13-15H2,1-2H3,(H,28,32)(H,30,31)/t22-,25?/m1/s1. The second kappa shape index (κ2) is 10.3. The summed E-state index contributed by atoms with van der Waals surface area (Å²) in [5.41, 5.74) is 3.77. The first kappa shape index (κ1) is 23.2. The number of benzene rings is 3. The summed E-state index contributed by atoms with van der Waals surface area (Å²) in [6.45, 7) is 0.436. The molecule has 7 heteroatoms. The molecule has 2 N–H and O–H groups in total. The van der Waals surface area contributed by atoms with E-state index >= 15 is 0 Å². The van der Waals surface area contributed by atoms with Crippen LogP contribution < -0.4 is 14.8 Å². The van der Waals surface area contributed by atoms with Gasteiger partial charge >= 0.3 is 12.0 Å². The Balaban J connectivity index is 1.67. The largest absolute Gasteiger partial charge is 0.493 e. The molecule has 0 saturated carbocycles. The topological polar surface area (TPSA) is 88.1 Å². The van der Waals surface area contributed by atoms with Gasteiger partial charge in [-0.3, -0.25) is 0 Å². The van der Waals surface area contributed by atoms with Gasteiger partial charge in [-0.25, -0.2) is 9.59 Å². The van der Waals surface area contributed by atoms with E-state index in [1.807, 2.05) is 72.8 Å². The second-order valence-corrected chi connectivity index (χ2v) is 8.19. The Bertz CT molecular complexity index is 1150. The summed E-state index contributed by atoms with van der Waals surface area (Å²) in [4.78, 5) is 27.1. The average molecular weight is 461 g/mol. The molecule has 0 saturated heterocycles. The number of hydrogen-bond donors (Lipinski definition) is 2. The molecule has 1 aliphatic heterocycles. The number of carbonyl (C=O) groups excluding carboxylic acids is 1. The first-order valence-corrected chi connectivity index (χ1v) is 11.2. The van der Waals surface area contributed by atoms with Gasteiger partial charge in [0, 0.05) is 13.0 Å². The van der Waals surface area contributed by atoms with Gasteiger partial charge in [0.05, 0.1) is 20.3 Å². The molecule has 176 valence electrons. The van der Waals surface area contributed by atoms with E-state index in [0.717, 1.165) is 22.3 Å². The van der Waals surface area contributed by atoms with Crippen LogP contribution in [-0.4, -0.2) is 48.8 Å². The molecule has 2 atom stereocenters. The van der Waals surface area contributed by atoms with E-state index in [9.17, 15) is 14.7 Å². The number of rotatable bonds is 7. The molecule has 1 aliphatic rings. The Morgan fingerprint density at radius 3 is 2.24 bits per heavy atom. The third-order valence-corrected chi connectivity index (χ3v) is 6.13. The van der Waals surface area contributed by atoms with Crippen LogP contribution in [0.2, 0.25) is 0 Å². The Morgan fingerprint density at radius 1 is 1.00 bits per heavy atom. The van der Waals surface area contributed by atoms with E-state index in [-0.39, 0.29) is 6.42 Å². The quantitative estimate of drug-likeness (QED) is 0.555. The lowest BCUT2D eigenvalue weighted by atomic mass is 9.88. The molecule has 0 radical (unpaired) electrons. The lowest BCUT2D eigenvalue weighted by Crippen LogP contribution is -2.51. The van der Waals surface area contributed by atoms with Crippen LogP contribution in [-0.2, 0) is 17.6 Å². The van der Waals surface area contributed by atoms with E-state index in [4.69, 9.17) is 9.47 Å². The number of carboxylic acids is 1. The van der Waals surface area contributed by atoms with Crippen LogP contribution >= 0.6 is 0 Å². The molecule has 0 fully saturated rings. The average Bonchev–Trinajstić information content (AvgIpc) is 2.87. The van der Waals surface area contributed by atoms with Crippen molar-refractivity contribution in [3.05, 3.63) is 95.1 Å². The Hall–Kier alpha value is -4.00. The van der Waals surface area contributed by atoms with Crippen molar-refractivity contribution in [2.75, 3.05) is 20.8 Å². The van der Waals surface area contributed by atoms with Crippen LogP contribution in [0.4, 0.5) is 4.79 Å². The van der Waals surface area contributed by atoms with Gasteiger partial charge in [-0.1, -0.05) is 60.7 Å². The maximum Gasteiger partial charge on any atom is 0.326 e. The van der Waals surface area contributed by atoms with Crippen LogP contribution in [0.1, 0.15) is 28.3 Å². The van der Waals surface area contributed by atoms with Crippen molar-refractivity contribution >= 4 is 12.0 Å². The fourth-order valence-electron chi connectivity index (χ4n) is 4.44. The van der Waals surface area contributed by atoms with Crippen molar-refractivity contribution < 1.29 is 24.2 Å². The van der Waals surface area contributed by atoms with Crippen LogP contribution in [0, 0.1) is 0 Å². The van der Waals surface area contributed by atoms with Crippen LogP contribution in [0.25, 0.3) is 0 Å². The van der Waals surface area contributed by atoms with Crippen LogP contribution in [0.3, 0.4) is 0 Å². The zero-order valence-corrected chi connectivity index (χ0v) is 19.2. The number of carboxylic acid groups (broad SMARTS) is 1. The number of urea groups is 1. The minimum absolute atomic E-state index is 0.202. The Morgan fingerprint density at radius 2 is 1.62 bits per heavy atom. The van der Waals surface area contributed by atoms with Crippen LogP contribution in [0.15, 0.2) is 72.8 Å². The lowest BCUT2D eigenvalue weighted by Gasteiger charge is -2.38. The van der Waals surface area contributed by atoms with Gasteiger partial charge in [0.15, 0.2) is 11.5 Å². The van der Waals surface area contributed by atoms with Crippen molar-refractivity contribution in [2.45, 2.75) is 24.9 Å². The van der Waals surface area contributed by atoms with Gasteiger partial charge in [0.1, 0.15) is 6.04 Å². The van der Waals surface area contributed by atoms with E-state index in [1.165, 1.54) is 0 Å². The smallest absolute Gasteiger partial charge is 0.326 e. The van der Waals surface area contributed by atoms with Crippen molar-refractivity contribution in [1.29, 1.82) is 0 Å². The number of carbonyl (C=O) groups is 2. The summed E-state index contributed by atoms with van der Waals surface area (Å²) in [5.74, 6) is 0.147. The van der Waals surface area contributed by atoms with E-state index < -0.39 is 24.1 Å². The van der Waals surface area contributed by atoms with Crippen molar-refractivity contribution in [3.63, 3.8) is 0 Å². The maximum absolute atomic E-state index is 13.5. The number of aliphatic carboxylic acids is 1. The van der Waals surface area contributed by atoms with Gasteiger partial charge in [-0.15, -0.1) is 0 Å². The number of ether oxygens (including phenoxy) is 2. The van der Waals surface area contributed by atoms with Gasteiger partial charge in [-0.2, -0.15) is 0 Å². The van der Waals surface area contributed by atoms with Gasteiger partial charge in [-0.05, 0) is 40.8 Å². The molecule has 1 unspecified atom stereocenters. The molecule has 7 nitrogen and oxygen atoms in total. The maximum atomic E-state index is 13.5. The van der Waals surface area contributed by atoms with Gasteiger partial charge < -0.3 is 24.8 Å². The number of amides is 2. The first-order valence-electron chi connectivity index (χ1n) is 11.2. The van der Waals surface area contributed by atoms with Crippen molar-refractivity contribution in [1.82, 2.24) is 10.2 Å². The van der Waals surface area contributed by atoms with E-state index in [0.29, 0.717) is 24.5 Å². The molecule has 2 amide bonds. The third kappa shape index (κ3) is 4.83. The number of hydrogen-bond acceptors (Lipinski definition) is 4. The minimum atomic E-state index is -1.07. The van der Waals surface area contributed by atoms with Crippen molar-refractivity contribution in [2.24, 2.45) is 0 Å². The first-order chi connectivity index (χ1) is 16.5. The van der Waals surface area contributed by atoms with Gasteiger partial charge in [0.2, 0.25) is 0 Å². The Kier molecular flexibility index (Phi) is 7.01. The molecule has 0 spiro atoms. The van der Waals surface area contributed by atoms with Crippen LogP contribution in [0.5, 0.6) is 11.5 Å². The monoisotopic (exact) mass is 460 g/mol. The normalized spacial score (nSPS) is 15.7. The molecule has 0 aliphatic carbocycles. The van der Waals surface area contributed by atoms with E-state index in [2.05, 4.69) is 5.32 Å². The molecule has 3 aromatic carbocycles. The molecule has 4 rings (SSSR count). The Labute approximate surface area is 198 Å². The summed E-state index contributed by atoms with van der Waals surface area (Å²) in [7, 11) is 3.18. The molecular weight excluding hydrogens is 432 g/mol. The van der Waals surface area contributed by atoms with Crippen molar-refractivity contribution in [3.8, 4) is 11.5 Å². The fraction of sp³-hybridized carbons (Fsp3) is 0.259. The molecule has 0 aromatic heterocycles. The summed E-state index contributed by atoms with van der Waals surface area (Å²) in [6.07, 6.45) is 0.816. The third-order valence-electron chi connectivity index (χ3n) is 6.13. The number of fused-ring (bicyclic) bond motifs is 1. The summed E-state index contributed by atoms with van der Waals surface area (Å²) < 4.78 is 11.0. The van der Waals surface area contributed by atoms with E-state index in [1.54, 1.807) is 19.1 Å². The molecular formula is C27H28N2O5. The SMILES string of the molecule is COc1cc2c(cc1OC)C(c1ccccc1)N(C(=O)N[C@H](Cc1ccccc1)C(=O)O)CC2. The highest BCUT2D eigenvalue weighted by Gasteiger charge is 2.35. The zero-order chi connectivity index (χ0) is 24.1. The lowest BCUT2D eigenvalue weighted by molar-refractivity contribution is -0.139. The molecule has 34 heavy (non-hydrogen) atoms. The highest BCUT2D eigenvalue weighted by atomic mass is 16.5. The number of nitrogens with zero attached hydrogens (tertiary/aromatic N) is 1. The second-order valence-electron chi connectivity index (χ2n) is 8.19. The molecule has 1 heterocycles. The molecule has 0 bridgehead atoms. The summed E-state index contributed by atoms with van der Waals surface area (Å²) >= 11 is 0. The fourth-order valence-corrected chi connectivity index (χ4v) is 4.44. The zero-order valence-electron chi connectivity index (χ0n) is 19.2. The highest BCUT2D eigenvalue weighted by molar-refractivity contribution is 5.83. The highest BCUT2D eigenvalue weighted by Crippen LogP contribution is 2.41. The molecule has 3 aromatic rings. The van der Waals surface area contributed by atoms with Gasteiger partial charge in [0.25, 0.3) is 0 Å². The minimum Gasteiger partial charge on any atom is -0.493 e. The number of nitrogens with one attached hydrogen (secondary N) is 1. The predicted octanol–water partition coefficient (Wildman–Crippen LogP) is 4.06. The summed E-state index contributed by atoms with van der Waals surface area (Å²) in [5, 5.41) is 12.5. The summed E-state index contributed by atoms with van der Waals surface area (Å²) in [6, 6.07) is 21.0. The number of methoxy groups -OCH3 is 2.